The van der Waals surface area contributed by atoms with Crippen LogP contribution in [0.25, 0.3) is 0 Å². The molecule has 6 N–H and O–H groups in total. The van der Waals surface area contributed by atoms with E-state index in [-0.39, 0.29) is 23.8 Å². The zero-order valence-electron chi connectivity index (χ0n) is 9.74. The Hall–Kier alpha value is -2.50. The number of ether oxygens (including phenoxy) is 1. The Morgan fingerprint density at radius 3 is 2.95 bits per heavy atom. The molecule has 11 nitrogen and oxygen atoms in total. The van der Waals surface area contributed by atoms with E-state index in [9.17, 15) is 13.2 Å². The third-order valence-corrected chi connectivity index (χ3v) is 2.66. The van der Waals surface area contributed by atoms with Gasteiger partial charge in [-0.2, -0.15) is 13.5 Å². The first-order chi connectivity index (χ1) is 8.89. The lowest BCUT2D eigenvalue weighted by Gasteiger charge is -2.08. The van der Waals surface area contributed by atoms with Crippen molar-refractivity contribution in [1.29, 1.82) is 0 Å². The number of hydrogen-bond donors (Lipinski definition) is 5. The van der Waals surface area contributed by atoms with Crippen LogP contribution in [0.1, 0.15) is 12.5 Å². The lowest BCUT2D eigenvalue weighted by molar-refractivity contribution is 0.159. The molecule has 0 aromatic carbocycles. The molecule has 0 saturated carbocycles. The topological polar surface area (TPSA) is 172 Å². The number of oxime groups is 1. The minimum absolute atomic E-state index is 0.0109. The van der Waals surface area contributed by atoms with E-state index < -0.39 is 16.3 Å². The van der Waals surface area contributed by atoms with Crippen molar-refractivity contribution in [3.63, 3.8) is 0 Å². The van der Waals surface area contributed by atoms with Crippen molar-refractivity contribution < 1.29 is 23.2 Å². The maximum Gasteiger partial charge on any atom is 0.422 e. The number of rotatable bonds is 5. The number of anilines is 1. The Morgan fingerprint density at radius 1 is 1.68 bits per heavy atom. The summed E-state index contributed by atoms with van der Waals surface area (Å²) in [4.78, 5) is 11.0. The predicted molar refractivity (Wildman–Crippen MR) is 63.8 cm³/mol. The first-order valence-corrected chi connectivity index (χ1v) is 6.36. The average molecular weight is 292 g/mol. The molecule has 0 atom stereocenters. The normalized spacial score (nSPS) is 11.9. The smallest absolute Gasteiger partial charge is 0.422 e. The number of nitrogens with two attached hydrogens (primary N) is 1. The molecule has 1 aromatic rings. The SMILES string of the molecule is CCOC(=O)NS(=O)(=O)Nc1[nH]ncc1C(N)=NO. The number of H-pyrrole nitrogens is 1. The molecule has 0 radical (unpaired) electrons. The summed E-state index contributed by atoms with van der Waals surface area (Å²) < 4.78 is 31.0. The summed E-state index contributed by atoms with van der Waals surface area (Å²) in [6.45, 7) is 1.53. The van der Waals surface area contributed by atoms with Gasteiger partial charge in [0.05, 0.1) is 18.4 Å². The minimum atomic E-state index is -4.23. The molecule has 0 aliphatic heterocycles. The number of aromatic amines is 1. The molecule has 19 heavy (non-hydrogen) atoms. The van der Waals surface area contributed by atoms with Crippen LogP contribution in [0.2, 0.25) is 0 Å². The third kappa shape index (κ3) is 4.02. The molecule has 1 amide bonds. The molecule has 1 rings (SSSR count). The van der Waals surface area contributed by atoms with Crippen molar-refractivity contribution in [3.8, 4) is 0 Å². The first kappa shape index (κ1) is 14.6. The van der Waals surface area contributed by atoms with Crippen LogP contribution in [0.4, 0.5) is 10.6 Å². The molecule has 0 unspecified atom stereocenters. The number of amidine groups is 1. The predicted octanol–water partition coefficient (Wildman–Crippen LogP) is -1.09. The molecule has 0 saturated heterocycles. The summed E-state index contributed by atoms with van der Waals surface area (Å²) in [5.74, 6) is -0.533. The third-order valence-electron chi connectivity index (χ3n) is 1.75. The van der Waals surface area contributed by atoms with Crippen molar-refractivity contribution in [2.24, 2.45) is 10.9 Å². The van der Waals surface area contributed by atoms with Crippen LogP contribution < -0.4 is 15.2 Å². The van der Waals surface area contributed by atoms with Gasteiger partial charge in [-0.3, -0.25) is 5.10 Å². The summed E-state index contributed by atoms with van der Waals surface area (Å²) in [6.07, 6.45) is -0.00283. The fourth-order valence-electron chi connectivity index (χ4n) is 1.04. The largest absolute Gasteiger partial charge is 0.449 e. The number of carbonyl (C=O) groups is 1. The van der Waals surface area contributed by atoms with Gasteiger partial charge in [0.2, 0.25) is 0 Å². The van der Waals surface area contributed by atoms with E-state index >= 15 is 0 Å². The molecule has 12 heteroatoms. The van der Waals surface area contributed by atoms with Gasteiger partial charge in [-0.05, 0) is 6.92 Å². The molecular formula is C7H12N6O5S. The van der Waals surface area contributed by atoms with E-state index in [1.54, 1.807) is 4.72 Å². The molecule has 0 spiro atoms. The van der Waals surface area contributed by atoms with E-state index in [1.165, 1.54) is 6.92 Å². The van der Waals surface area contributed by atoms with E-state index in [4.69, 9.17) is 10.9 Å². The quantitative estimate of drug-likeness (QED) is 0.198. The highest BCUT2D eigenvalue weighted by atomic mass is 32.2. The van der Waals surface area contributed by atoms with Gasteiger partial charge in [0, 0.05) is 0 Å². The van der Waals surface area contributed by atoms with Crippen LogP contribution in [0, 0.1) is 0 Å². The zero-order chi connectivity index (χ0) is 14.5. The molecule has 1 heterocycles. The van der Waals surface area contributed by atoms with E-state index in [0.717, 1.165) is 6.20 Å². The van der Waals surface area contributed by atoms with Crippen LogP contribution in [0.3, 0.4) is 0 Å². The van der Waals surface area contributed by atoms with Crippen molar-refractivity contribution in [2.45, 2.75) is 6.92 Å². The fourth-order valence-corrected chi connectivity index (χ4v) is 1.80. The van der Waals surface area contributed by atoms with Crippen LogP contribution >= 0.6 is 0 Å². The highest BCUT2D eigenvalue weighted by Gasteiger charge is 2.19. The monoisotopic (exact) mass is 292 g/mol. The standard InChI is InChI=1S/C7H12N6O5S/c1-2-18-7(14)13-19(16,17)12-6-4(3-9-10-6)5(8)11-15/h3,15H,2H2,1H3,(H2,8,11)(H,13,14)(H2,9,10,12). The molecule has 106 valence electrons. The van der Waals surface area contributed by atoms with Gasteiger partial charge in [-0.15, -0.1) is 0 Å². The molecule has 1 aromatic heterocycles. The number of aromatic nitrogens is 2. The van der Waals surface area contributed by atoms with E-state index in [2.05, 4.69) is 20.1 Å². The zero-order valence-corrected chi connectivity index (χ0v) is 10.6. The van der Waals surface area contributed by atoms with Gasteiger partial charge in [0.1, 0.15) is 5.82 Å². The summed E-state index contributed by atoms with van der Waals surface area (Å²) >= 11 is 0. The minimum Gasteiger partial charge on any atom is -0.449 e. The van der Waals surface area contributed by atoms with Gasteiger partial charge in [-0.1, -0.05) is 5.16 Å². The van der Waals surface area contributed by atoms with Gasteiger partial charge in [0.15, 0.2) is 5.84 Å². The maximum absolute atomic E-state index is 11.5. The van der Waals surface area contributed by atoms with Crippen molar-refractivity contribution in [2.75, 3.05) is 11.3 Å². The second kappa shape index (κ2) is 5.90. The average Bonchev–Trinajstić information content (AvgIpc) is 2.74. The summed E-state index contributed by atoms with van der Waals surface area (Å²) in [6, 6.07) is 0. The number of nitrogens with one attached hydrogen (secondary N) is 3. The van der Waals surface area contributed by atoms with Gasteiger partial charge < -0.3 is 15.7 Å². The fraction of sp³-hybridized carbons (Fsp3) is 0.286. The van der Waals surface area contributed by atoms with Crippen LogP contribution in [0.15, 0.2) is 11.4 Å². The Balaban J connectivity index is 2.85. The molecule has 0 aliphatic carbocycles. The van der Waals surface area contributed by atoms with Crippen LogP contribution in [-0.2, 0) is 14.9 Å². The molecule has 0 aliphatic rings. The summed E-state index contributed by atoms with van der Waals surface area (Å²) in [5.41, 5.74) is 5.31. The summed E-state index contributed by atoms with van der Waals surface area (Å²) in [7, 11) is -4.23. The van der Waals surface area contributed by atoms with Crippen molar-refractivity contribution in [3.05, 3.63) is 11.8 Å². The Bertz CT molecular complexity index is 579. The molecular weight excluding hydrogens is 280 g/mol. The second-order valence-electron chi connectivity index (χ2n) is 3.07. The van der Waals surface area contributed by atoms with Crippen LogP contribution in [-0.4, -0.2) is 42.4 Å². The maximum atomic E-state index is 11.5. The number of carbonyl (C=O) groups excluding carboxylic acids is 1. The highest BCUT2D eigenvalue weighted by molar-refractivity contribution is 7.91. The number of hydrogen-bond acceptors (Lipinski definition) is 7. The second-order valence-corrected chi connectivity index (χ2v) is 4.49. The van der Waals surface area contributed by atoms with E-state index in [1.807, 2.05) is 4.72 Å². The Kier molecular flexibility index (Phi) is 4.52. The van der Waals surface area contributed by atoms with Crippen molar-refractivity contribution >= 4 is 28.0 Å². The van der Waals surface area contributed by atoms with Crippen molar-refractivity contribution in [1.82, 2.24) is 14.9 Å². The van der Waals surface area contributed by atoms with Crippen LogP contribution in [0.5, 0.6) is 0 Å². The van der Waals surface area contributed by atoms with Gasteiger partial charge in [-0.25, -0.2) is 14.2 Å². The summed E-state index contributed by atoms with van der Waals surface area (Å²) in [5, 5.41) is 17.0. The molecule has 0 bridgehead atoms. The van der Waals surface area contributed by atoms with Gasteiger partial charge in [0.25, 0.3) is 0 Å². The van der Waals surface area contributed by atoms with Gasteiger partial charge >= 0.3 is 16.3 Å². The number of amides is 1. The lowest BCUT2D eigenvalue weighted by atomic mass is 10.3. The Morgan fingerprint density at radius 2 is 2.37 bits per heavy atom. The first-order valence-electron chi connectivity index (χ1n) is 4.88. The number of nitrogens with zero attached hydrogens (tertiary/aromatic N) is 2. The highest BCUT2D eigenvalue weighted by Crippen LogP contribution is 2.11. The van der Waals surface area contributed by atoms with E-state index in [0.29, 0.717) is 0 Å². The lowest BCUT2D eigenvalue weighted by Crippen LogP contribution is -2.36. The Labute approximate surface area is 108 Å². The molecule has 0 fully saturated rings.